The van der Waals surface area contributed by atoms with Gasteiger partial charge in [0.15, 0.2) is 0 Å². The highest BCUT2D eigenvalue weighted by Gasteiger charge is 2.42. The minimum Gasteiger partial charge on any atom is -0.346 e. The van der Waals surface area contributed by atoms with Crippen LogP contribution in [0.3, 0.4) is 0 Å². The van der Waals surface area contributed by atoms with Gasteiger partial charge in [-0.3, -0.25) is 9.59 Å². The Morgan fingerprint density at radius 2 is 1.50 bits per heavy atom. The van der Waals surface area contributed by atoms with Gasteiger partial charge in [-0.05, 0) is 93.3 Å². The van der Waals surface area contributed by atoms with Crippen LogP contribution in [0.5, 0.6) is 0 Å². The van der Waals surface area contributed by atoms with Crippen molar-refractivity contribution in [2.24, 2.45) is 5.92 Å². The van der Waals surface area contributed by atoms with Gasteiger partial charge in [-0.2, -0.15) is 0 Å². The van der Waals surface area contributed by atoms with Gasteiger partial charge in [0.05, 0.1) is 15.6 Å². The molecule has 2 amide bonds. The molecule has 2 saturated heterocycles. The van der Waals surface area contributed by atoms with Crippen LogP contribution in [0.15, 0.2) is 78.9 Å². The third kappa shape index (κ3) is 7.28. The maximum absolute atomic E-state index is 13.5. The molecule has 3 aromatic carbocycles. The molecular formula is C36H42Cl3N3O2. The molecule has 0 radical (unpaired) electrons. The number of hydrogen-bond acceptors (Lipinski definition) is 3. The summed E-state index contributed by atoms with van der Waals surface area (Å²) in [6, 6.07) is 26.1. The van der Waals surface area contributed by atoms with Crippen molar-refractivity contribution in [3.63, 3.8) is 0 Å². The van der Waals surface area contributed by atoms with E-state index in [0.29, 0.717) is 16.6 Å². The molecule has 6 rings (SSSR count). The lowest BCUT2D eigenvalue weighted by Gasteiger charge is -2.45. The fourth-order valence-electron chi connectivity index (χ4n) is 7.20. The van der Waals surface area contributed by atoms with Crippen molar-refractivity contribution in [2.45, 2.75) is 62.3 Å². The summed E-state index contributed by atoms with van der Waals surface area (Å²) < 4.78 is 0. The Kier molecular flexibility index (Phi) is 10.6. The average Bonchev–Trinajstić information content (AvgIpc) is 3.90. The Balaban J connectivity index is 0.00000384. The van der Waals surface area contributed by atoms with Crippen molar-refractivity contribution in [2.75, 3.05) is 32.7 Å². The van der Waals surface area contributed by atoms with Crippen molar-refractivity contribution in [3.8, 4) is 0 Å². The van der Waals surface area contributed by atoms with Crippen LogP contribution in [-0.2, 0) is 15.7 Å². The average molecular weight is 655 g/mol. The Hall–Kier alpha value is -2.57. The van der Waals surface area contributed by atoms with Crippen LogP contribution in [0.1, 0.15) is 72.9 Å². The highest BCUT2D eigenvalue weighted by Crippen LogP contribution is 2.41. The predicted octanol–water partition coefficient (Wildman–Crippen LogP) is 7.89. The molecule has 5 nitrogen and oxygen atoms in total. The predicted molar refractivity (Wildman–Crippen MR) is 181 cm³/mol. The van der Waals surface area contributed by atoms with E-state index in [9.17, 15) is 9.59 Å². The van der Waals surface area contributed by atoms with Gasteiger partial charge in [0.1, 0.15) is 0 Å². The van der Waals surface area contributed by atoms with E-state index < -0.39 is 0 Å². The van der Waals surface area contributed by atoms with E-state index in [-0.39, 0.29) is 41.1 Å². The first-order valence-electron chi connectivity index (χ1n) is 15.8. The Bertz CT molecular complexity index is 1430. The lowest BCUT2D eigenvalue weighted by molar-refractivity contribution is -0.125. The number of carbonyl (C=O) groups is 2. The second kappa shape index (κ2) is 14.2. The Labute approximate surface area is 277 Å². The topological polar surface area (TPSA) is 52.7 Å². The Morgan fingerprint density at radius 3 is 2.16 bits per heavy atom. The van der Waals surface area contributed by atoms with Gasteiger partial charge in [0.25, 0.3) is 5.91 Å². The number of rotatable bonds is 9. The van der Waals surface area contributed by atoms with Gasteiger partial charge in [-0.15, -0.1) is 12.4 Å². The highest BCUT2D eigenvalue weighted by atomic mass is 35.5. The van der Waals surface area contributed by atoms with Crippen LogP contribution in [0, 0.1) is 5.92 Å². The van der Waals surface area contributed by atoms with E-state index in [4.69, 9.17) is 23.2 Å². The molecule has 2 heterocycles. The molecule has 1 saturated carbocycles. The highest BCUT2D eigenvalue weighted by molar-refractivity contribution is 6.42. The van der Waals surface area contributed by atoms with Crippen molar-refractivity contribution < 1.29 is 9.59 Å². The van der Waals surface area contributed by atoms with Crippen molar-refractivity contribution in [1.82, 2.24) is 15.1 Å². The zero-order valence-corrected chi connectivity index (χ0v) is 27.5. The molecule has 2 aliphatic heterocycles. The number of hydrogen-bond donors (Lipinski definition) is 1. The van der Waals surface area contributed by atoms with Gasteiger partial charge in [0.2, 0.25) is 5.91 Å². The minimum atomic E-state index is -0.291. The molecule has 3 aliphatic rings. The lowest BCUT2D eigenvalue weighted by Crippen LogP contribution is -2.53. The molecule has 1 atom stereocenters. The molecule has 0 aromatic heterocycles. The summed E-state index contributed by atoms with van der Waals surface area (Å²) in [7, 11) is 0. The molecule has 1 unspecified atom stereocenters. The van der Waals surface area contributed by atoms with Crippen molar-refractivity contribution >= 4 is 47.4 Å². The number of nitrogens with zero attached hydrogens (tertiary/aromatic N) is 2. The standard InChI is InChI=1S/C36H41Cl2N3O2.ClH/c37-31-16-15-30(25-32(31)38)35(18-8-22-41(26-35)34(43)28-9-3-1-4-10-28)17-7-21-40-23-19-36(20-24-40,29-11-5-2-6-12-29)39-33(42)27-13-14-27;/h1-6,9-12,15-16,25,27H,7-8,13-14,17-24,26H2,(H,39,42);1H. The monoisotopic (exact) mass is 653 g/mol. The Morgan fingerprint density at radius 1 is 0.818 bits per heavy atom. The summed E-state index contributed by atoms with van der Waals surface area (Å²) >= 11 is 12.9. The molecule has 3 fully saturated rings. The van der Waals surface area contributed by atoms with Crippen LogP contribution in [0.4, 0.5) is 0 Å². The lowest BCUT2D eigenvalue weighted by atomic mass is 9.70. The minimum absolute atomic E-state index is 0. The first-order chi connectivity index (χ1) is 20.9. The number of likely N-dealkylation sites (tertiary alicyclic amines) is 2. The van der Waals surface area contributed by atoms with E-state index in [0.717, 1.165) is 88.7 Å². The number of nitrogens with one attached hydrogen (secondary N) is 1. The van der Waals surface area contributed by atoms with Crippen LogP contribution in [0.2, 0.25) is 10.0 Å². The molecule has 1 N–H and O–H groups in total. The fourth-order valence-corrected chi connectivity index (χ4v) is 7.50. The fraction of sp³-hybridized carbons (Fsp3) is 0.444. The molecule has 0 spiro atoms. The summed E-state index contributed by atoms with van der Waals surface area (Å²) in [5.74, 6) is 0.499. The zero-order chi connectivity index (χ0) is 29.9. The van der Waals surface area contributed by atoms with E-state index >= 15 is 0 Å². The van der Waals surface area contributed by atoms with Crippen LogP contribution >= 0.6 is 35.6 Å². The van der Waals surface area contributed by atoms with Gasteiger partial charge in [-0.25, -0.2) is 0 Å². The first kappa shape index (κ1) is 32.8. The first-order valence-corrected chi connectivity index (χ1v) is 16.5. The van der Waals surface area contributed by atoms with E-state index in [1.807, 2.05) is 53.4 Å². The molecular weight excluding hydrogens is 613 g/mol. The quantitative estimate of drug-likeness (QED) is 0.255. The number of amides is 2. The smallest absolute Gasteiger partial charge is 0.253 e. The number of halogens is 3. The number of piperidine rings is 2. The van der Waals surface area contributed by atoms with Gasteiger partial charge in [-0.1, -0.05) is 77.8 Å². The van der Waals surface area contributed by atoms with Crippen LogP contribution < -0.4 is 5.32 Å². The van der Waals surface area contributed by atoms with Crippen LogP contribution in [-0.4, -0.2) is 54.3 Å². The zero-order valence-electron chi connectivity index (χ0n) is 25.2. The van der Waals surface area contributed by atoms with Crippen LogP contribution in [0.25, 0.3) is 0 Å². The maximum atomic E-state index is 13.5. The number of carbonyl (C=O) groups excluding carboxylic acids is 2. The third-order valence-corrected chi connectivity index (χ3v) is 10.6. The normalized spacial score (nSPS) is 21.7. The second-order valence-corrected chi connectivity index (χ2v) is 13.6. The second-order valence-electron chi connectivity index (χ2n) is 12.8. The van der Waals surface area contributed by atoms with Crippen molar-refractivity contribution in [3.05, 3.63) is 106 Å². The third-order valence-electron chi connectivity index (χ3n) is 9.89. The molecule has 3 aromatic rings. The molecule has 234 valence electrons. The number of benzene rings is 3. The molecule has 44 heavy (non-hydrogen) atoms. The van der Waals surface area contributed by atoms with Gasteiger partial charge >= 0.3 is 0 Å². The summed E-state index contributed by atoms with van der Waals surface area (Å²) in [5.41, 5.74) is 2.64. The summed E-state index contributed by atoms with van der Waals surface area (Å²) in [6.07, 6.45) is 7.77. The largest absolute Gasteiger partial charge is 0.346 e. The molecule has 0 bridgehead atoms. The maximum Gasteiger partial charge on any atom is 0.253 e. The summed E-state index contributed by atoms with van der Waals surface area (Å²) in [6.45, 7) is 4.30. The van der Waals surface area contributed by atoms with Crippen molar-refractivity contribution in [1.29, 1.82) is 0 Å². The van der Waals surface area contributed by atoms with E-state index in [1.165, 1.54) is 5.56 Å². The van der Waals surface area contributed by atoms with E-state index in [2.05, 4.69) is 40.5 Å². The van der Waals surface area contributed by atoms with Gasteiger partial charge < -0.3 is 15.1 Å². The SMILES string of the molecule is Cl.O=C(NC1(c2ccccc2)CCN(CCCC2(c3ccc(Cl)c(Cl)c3)CCCN(C(=O)c3ccccc3)C2)CC1)C1CC1. The molecule has 8 heteroatoms. The molecule has 1 aliphatic carbocycles. The summed E-state index contributed by atoms with van der Waals surface area (Å²) in [5, 5.41) is 4.59. The van der Waals surface area contributed by atoms with Gasteiger partial charge in [0, 0.05) is 43.1 Å². The van der Waals surface area contributed by atoms with E-state index in [1.54, 1.807) is 0 Å². The summed E-state index contributed by atoms with van der Waals surface area (Å²) in [4.78, 5) is 31.0.